The van der Waals surface area contributed by atoms with E-state index in [0.717, 1.165) is 68.7 Å². The van der Waals surface area contributed by atoms with Crippen molar-refractivity contribution in [2.24, 2.45) is 11.7 Å². The number of ether oxygens (including phenoxy) is 3. The van der Waals surface area contributed by atoms with E-state index in [1.54, 1.807) is 11.3 Å². The van der Waals surface area contributed by atoms with Crippen LogP contribution < -0.4 is 11.5 Å². The summed E-state index contributed by atoms with van der Waals surface area (Å²) in [6.45, 7) is 14.6. The number of carbonyl (C=O) groups excluding carboxylic acids is 1. The number of likely N-dealkylation sites (tertiary alicyclic amines) is 1. The Balaban J connectivity index is 1.20. The van der Waals surface area contributed by atoms with E-state index in [2.05, 4.69) is 34.4 Å². The first-order valence-electron chi connectivity index (χ1n) is 15.1. The number of thiophene rings is 1. The van der Waals surface area contributed by atoms with Crippen molar-refractivity contribution in [3.8, 4) is 0 Å². The highest BCUT2D eigenvalue weighted by Gasteiger charge is 2.24. The molecule has 4 rings (SSSR count). The van der Waals surface area contributed by atoms with Gasteiger partial charge in [-0.15, -0.1) is 11.3 Å². The van der Waals surface area contributed by atoms with Gasteiger partial charge in [0.15, 0.2) is 5.82 Å². The molecule has 4 heterocycles. The summed E-state index contributed by atoms with van der Waals surface area (Å²) < 4.78 is 20.2. The predicted octanol–water partition coefficient (Wildman–Crippen LogP) is 5.28. The molecule has 0 radical (unpaired) electrons. The minimum absolute atomic E-state index is 0.542. The predicted molar refractivity (Wildman–Crippen MR) is 165 cm³/mol. The van der Waals surface area contributed by atoms with Gasteiger partial charge in [-0.25, -0.2) is 14.8 Å². The van der Waals surface area contributed by atoms with E-state index in [9.17, 15) is 4.79 Å². The van der Waals surface area contributed by atoms with Crippen LogP contribution >= 0.6 is 11.3 Å². The molecule has 228 valence electrons. The number of nitrogens with zero attached hydrogens (tertiary/aromatic N) is 4. The maximum Gasteiger partial charge on any atom is 0.405 e. The minimum Gasteiger partial charge on any atom is -0.444 e. The number of hydrogen-bond donors (Lipinski definition) is 2. The van der Waals surface area contributed by atoms with Gasteiger partial charge in [-0.3, -0.25) is 0 Å². The number of fused-ring (bicyclic) bond motifs is 3. The second kappa shape index (κ2) is 14.6. The van der Waals surface area contributed by atoms with Crippen molar-refractivity contribution in [2.45, 2.75) is 84.8 Å². The monoisotopic (exact) mass is 588 g/mol. The van der Waals surface area contributed by atoms with Gasteiger partial charge in [0.2, 0.25) is 0 Å². The Kier molecular flexibility index (Phi) is 11.2. The summed E-state index contributed by atoms with van der Waals surface area (Å²) in [5.74, 6) is 2.30. The van der Waals surface area contributed by atoms with Crippen molar-refractivity contribution >= 4 is 44.5 Å². The third kappa shape index (κ3) is 8.76. The highest BCUT2D eigenvalue weighted by molar-refractivity contribution is 7.19. The number of nitrogens with two attached hydrogens (primary N) is 2. The number of nitrogen functional groups attached to an aromatic ring is 1. The zero-order valence-corrected chi connectivity index (χ0v) is 26.1. The van der Waals surface area contributed by atoms with Crippen LogP contribution in [0.25, 0.3) is 21.3 Å². The van der Waals surface area contributed by atoms with Gasteiger partial charge in [-0.1, -0.05) is 13.3 Å². The van der Waals surface area contributed by atoms with E-state index in [4.69, 9.17) is 30.7 Å². The quantitative estimate of drug-likeness (QED) is 0.216. The molecule has 11 heteroatoms. The summed E-state index contributed by atoms with van der Waals surface area (Å²) in [6.07, 6.45) is 6.32. The maximum atomic E-state index is 10.9. The number of aryl methyl sites for hydroxylation is 2. The van der Waals surface area contributed by atoms with Crippen molar-refractivity contribution in [3.05, 3.63) is 16.8 Å². The Labute approximate surface area is 247 Å². The molecular weight excluding hydrogens is 540 g/mol. The molecule has 1 aliphatic heterocycles. The lowest BCUT2D eigenvalue weighted by atomic mass is 9.96. The Morgan fingerprint density at radius 3 is 2.56 bits per heavy atom. The number of carbonyl (C=O) groups is 1. The highest BCUT2D eigenvalue weighted by atomic mass is 32.1. The van der Waals surface area contributed by atoms with Crippen molar-refractivity contribution in [3.63, 3.8) is 0 Å². The first-order valence-corrected chi connectivity index (χ1v) is 15.9. The molecule has 0 aromatic carbocycles. The average molecular weight is 589 g/mol. The van der Waals surface area contributed by atoms with Gasteiger partial charge >= 0.3 is 6.09 Å². The van der Waals surface area contributed by atoms with Crippen LogP contribution in [-0.4, -0.2) is 77.2 Å². The van der Waals surface area contributed by atoms with Crippen LogP contribution in [0.15, 0.2) is 6.07 Å². The summed E-state index contributed by atoms with van der Waals surface area (Å²) in [6, 6.07) is 2.14. The Morgan fingerprint density at radius 2 is 1.85 bits per heavy atom. The van der Waals surface area contributed by atoms with E-state index in [0.29, 0.717) is 44.6 Å². The van der Waals surface area contributed by atoms with E-state index in [1.807, 2.05) is 13.8 Å². The van der Waals surface area contributed by atoms with Crippen LogP contribution in [0.1, 0.15) is 70.0 Å². The molecule has 1 aliphatic rings. The summed E-state index contributed by atoms with van der Waals surface area (Å²) in [5.41, 5.74) is 14.0. The molecule has 4 N–H and O–H groups in total. The second-order valence-electron chi connectivity index (χ2n) is 11.8. The van der Waals surface area contributed by atoms with Gasteiger partial charge in [-0.2, -0.15) is 0 Å². The number of unbranched alkanes of at least 4 members (excludes halogenated alkanes) is 1. The summed E-state index contributed by atoms with van der Waals surface area (Å²) >= 11 is 1.79. The van der Waals surface area contributed by atoms with Crippen LogP contribution in [0, 0.1) is 12.8 Å². The molecule has 10 nitrogen and oxygen atoms in total. The number of piperidine rings is 1. The fourth-order valence-electron chi connectivity index (χ4n) is 5.66. The lowest BCUT2D eigenvalue weighted by molar-refractivity contribution is 0.0151. The van der Waals surface area contributed by atoms with Gasteiger partial charge in [-0.05, 0) is 77.9 Å². The SMILES string of the molecule is CCCCc1nc2c(N)nc3cc(C)sc3c2n1CC1CCN(CCOCCOCCCC(C)(C)OC(N)=O)CC1. The van der Waals surface area contributed by atoms with E-state index in [-0.39, 0.29) is 0 Å². The standard InChI is InChI=1S/C30H48N6O4S/c1-5-6-8-24-34-25-26(27-23(33-28(25)31)19-21(2)41-27)36(24)20-22-9-12-35(13-10-22)14-16-39-18-17-38-15-7-11-30(3,4)40-29(32)37/h19,22H,5-18,20H2,1-4H3,(H2,31,33)(H2,32,37). The third-order valence-electron chi connectivity index (χ3n) is 7.85. The zero-order valence-electron chi connectivity index (χ0n) is 25.2. The number of aromatic nitrogens is 3. The first kappa shape index (κ1) is 31.5. The zero-order chi connectivity index (χ0) is 29.4. The average Bonchev–Trinajstić information content (AvgIpc) is 3.46. The molecule has 0 bridgehead atoms. The number of primary amides is 1. The number of rotatable bonds is 16. The smallest absolute Gasteiger partial charge is 0.405 e. The number of amides is 1. The Morgan fingerprint density at radius 1 is 1.12 bits per heavy atom. The largest absolute Gasteiger partial charge is 0.444 e. The molecule has 1 amide bonds. The van der Waals surface area contributed by atoms with Crippen molar-refractivity contribution in [1.29, 1.82) is 0 Å². The second-order valence-corrected chi connectivity index (χ2v) is 13.1. The van der Waals surface area contributed by atoms with Crippen molar-refractivity contribution < 1.29 is 19.0 Å². The Hall–Kier alpha value is -2.47. The minimum atomic E-state index is -0.741. The summed E-state index contributed by atoms with van der Waals surface area (Å²) in [7, 11) is 0. The highest BCUT2D eigenvalue weighted by Crippen LogP contribution is 2.35. The molecule has 3 aromatic rings. The van der Waals surface area contributed by atoms with Crippen molar-refractivity contribution in [1.82, 2.24) is 19.4 Å². The molecule has 41 heavy (non-hydrogen) atoms. The lowest BCUT2D eigenvalue weighted by Gasteiger charge is -2.32. The first-order chi connectivity index (χ1) is 19.7. The summed E-state index contributed by atoms with van der Waals surface area (Å²) in [5, 5.41) is 0. The van der Waals surface area contributed by atoms with Gasteiger partial charge in [0.25, 0.3) is 0 Å². The third-order valence-corrected chi connectivity index (χ3v) is 8.90. The van der Waals surface area contributed by atoms with E-state index >= 15 is 0 Å². The molecular formula is C30H48N6O4S. The summed E-state index contributed by atoms with van der Waals surface area (Å²) in [4.78, 5) is 24.4. The fraction of sp³-hybridized carbons (Fsp3) is 0.700. The molecule has 0 spiro atoms. The van der Waals surface area contributed by atoms with Crippen molar-refractivity contribution in [2.75, 3.05) is 51.8 Å². The normalized spacial score (nSPS) is 15.3. The molecule has 0 saturated carbocycles. The van der Waals surface area contributed by atoms with E-state index < -0.39 is 11.7 Å². The fourth-order valence-corrected chi connectivity index (χ4v) is 6.66. The van der Waals surface area contributed by atoms with Crippen LogP contribution in [0.3, 0.4) is 0 Å². The number of imidazole rings is 1. The van der Waals surface area contributed by atoms with Crippen LogP contribution in [0.5, 0.6) is 0 Å². The van der Waals surface area contributed by atoms with Crippen LogP contribution in [0.4, 0.5) is 10.6 Å². The molecule has 0 unspecified atom stereocenters. The molecule has 0 aliphatic carbocycles. The molecule has 1 fully saturated rings. The van der Waals surface area contributed by atoms with Gasteiger partial charge in [0, 0.05) is 31.0 Å². The molecule has 1 saturated heterocycles. The lowest BCUT2D eigenvalue weighted by Crippen LogP contribution is -2.37. The van der Waals surface area contributed by atoms with E-state index in [1.165, 1.54) is 27.9 Å². The van der Waals surface area contributed by atoms with Gasteiger partial charge < -0.3 is 35.1 Å². The topological polar surface area (TPSA) is 131 Å². The number of anilines is 1. The molecule has 0 atom stereocenters. The van der Waals surface area contributed by atoms with Crippen LogP contribution in [0.2, 0.25) is 0 Å². The Bertz CT molecular complexity index is 1280. The van der Waals surface area contributed by atoms with Crippen LogP contribution in [-0.2, 0) is 27.2 Å². The molecule has 3 aromatic heterocycles. The number of hydrogen-bond acceptors (Lipinski definition) is 9. The van der Waals surface area contributed by atoms with Gasteiger partial charge in [0.05, 0.1) is 35.6 Å². The van der Waals surface area contributed by atoms with Gasteiger partial charge in [0.1, 0.15) is 16.9 Å². The maximum absolute atomic E-state index is 10.9. The number of pyridine rings is 1.